The second-order valence-electron chi connectivity index (χ2n) is 6.35. The number of thiazole rings is 1. The van der Waals surface area contributed by atoms with Crippen LogP contribution in [0.3, 0.4) is 0 Å². The van der Waals surface area contributed by atoms with Gasteiger partial charge in [-0.1, -0.05) is 6.07 Å². The SMILES string of the molecule is CNS(=O)(=O)c1cccc(Nc2cc(Nc3nc(CC(=O)OC(=O)C(F)(F)F)cs3)ncn2)c1. The number of alkyl halides is 3. The molecule has 0 amide bonds. The van der Waals surface area contributed by atoms with Crippen molar-refractivity contribution in [3.8, 4) is 0 Å². The van der Waals surface area contributed by atoms with Crippen LogP contribution in [0, 0.1) is 0 Å². The predicted octanol–water partition coefficient (Wildman–Crippen LogP) is 2.50. The molecular formula is C18H15F3N6O5S2. The average Bonchev–Trinajstić information content (AvgIpc) is 3.19. The van der Waals surface area contributed by atoms with E-state index in [1.165, 1.54) is 37.0 Å². The van der Waals surface area contributed by atoms with Crippen LogP contribution < -0.4 is 15.4 Å². The van der Waals surface area contributed by atoms with Crippen molar-refractivity contribution < 1.29 is 35.9 Å². The zero-order chi connectivity index (χ0) is 24.9. The van der Waals surface area contributed by atoms with Gasteiger partial charge in [0.2, 0.25) is 10.0 Å². The number of carbonyl (C=O) groups excluding carboxylic acids is 2. The number of aromatic nitrogens is 3. The maximum Gasteiger partial charge on any atom is 0.491 e. The molecule has 0 saturated carbocycles. The molecule has 0 atom stereocenters. The Labute approximate surface area is 194 Å². The van der Waals surface area contributed by atoms with Crippen molar-refractivity contribution in [1.82, 2.24) is 19.7 Å². The first kappa shape index (κ1) is 25.0. The van der Waals surface area contributed by atoms with E-state index in [1.807, 2.05) is 0 Å². The van der Waals surface area contributed by atoms with Gasteiger partial charge >= 0.3 is 18.1 Å². The van der Waals surface area contributed by atoms with Gasteiger partial charge in [0.05, 0.1) is 17.0 Å². The number of nitrogens with one attached hydrogen (secondary N) is 3. The maximum absolute atomic E-state index is 12.2. The molecule has 0 unspecified atom stereocenters. The molecule has 2 aromatic heterocycles. The number of halogens is 3. The van der Waals surface area contributed by atoms with Gasteiger partial charge in [-0.25, -0.2) is 32.9 Å². The number of carbonyl (C=O) groups is 2. The van der Waals surface area contributed by atoms with Crippen LogP contribution in [0.1, 0.15) is 5.69 Å². The summed E-state index contributed by atoms with van der Waals surface area (Å²) in [7, 11) is -2.33. The van der Waals surface area contributed by atoms with Crippen molar-refractivity contribution in [2.45, 2.75) is 17.5 Å². The number of nitrogens with zero attached hydrogens (tertiary/aromatic N) is 3. The molecule has 0 spiro atoms. The van der Waals surface area contributed by atoms with E-state index >= 15 is 0 Å². The van der Waals surface area contributed by atoms with Gasteiger partial charge < -0.3 is 15.4 Å². The van der Waals surface area contributed by atoms with Crippen molar-refractivity contribution in [2.24, 2.45) is 0 Å². The second-order valence-corrected chi connectivity index (χ2v) is 9.10. The molecular weight excluding hydrogens is 501 g/mol. The van der Waals surface area contributed by atoms with E-state index in [2.05, 4.69) is 35.0 Å². The number of anilines is 4. The number of ether oxygens (including phenoxy) is 1. The van der Waals surface area contributed by atoms with Crippen molar-refractivity contribution in [3.05, 3.63) is 47.7 Å². The lowest BCUT2D eigenvalue weighted by Crippen LogP contribution is -2.28. The van der Waals surface area contributed by atoms with Crippen molar-refractivity contribution >= 4 is 55.8 Å². The molecule has 0 aliphatic rings. The summed E-state index contributed by atoms with van der Waals surface area (Å²) in [5.74, 6) is -3.38. The monoisotopic (exact) mass is 516 g/mol. The zero-order valence-electron chi connectivity index (χ0n) is 17.1. The zero-order valence-corrected chi connectivity index (χ0v) is 18.7. The van der Waals surface area contributed by atoms with Crippen molar-refractivity contribution in [2.75, 3.05) is 17.7 Å². The molecule has 34 heavy (non-hydrogen) atoms. The molecule has 0 radical (unpaired) electrons. The fourth-order valence-corrected chi connectivity index (χ4v) is 3.89. The Morgan fingerprint density at radius 3 is 2.50 bits per heavy atom. The third-order valence-corrected chi connectivity index (χ3v) is 6.12. The Bertz CT molecular complexity index is 1310. The summed E-state index contributed by atoms with van der Waals surface area (Å²) in [4.78, 5) is 34.4. The highest BCUT2D eigenvalue weighted by molar-refractivity contribution is 7.89. The van der Waals surface area contributed by atoms with Gasteiger partial charge in [-0.15, -0.1) is 11.3 Å². The normalized spacial score (nSPS) is 11.6. The summed E-state index contributed by atoms with van der Waals surface area (Å²) in [6.45, 7) is 0. The molecule has 0 fully saturated rings. The quantitative estimate of drug-likeness (QED) is 0.301. The molecule has 0 bridgehead atoms. The van der Waals surface area contributed by atoms with E-state index in [4.69, 9.17) is 0 Å². The first-order chi connectivity index (χ1) is 16.0. The van der Waals surface area contributed by atoms with Gasteiger partial charge in [-0.2, -0.15) is 13.2 Å². The standard InChI is InChI=1S/C18H15F3N6O5S2/c1-22-34(30,31)12-4-2-3-10(5-12)25-13-7-14(24-9-23-13)27-17-26-11(8-33-17)6-15(28)32-16(29)18(19,20)21/h2-5,7-9,22H,6H2,1H3,(H2,23,24,25,26,27). The van der Waals surface area contributed by atoms with Crippen molar-refractivity contribution in [3.63, 3.8) is 0 Å². The molecule has 0 saturated heterocycles. The number of benzene rings is 1. The van der Waals surface area contributed by atoms with Gasteiger partial charge in [-0.3, -0.25) is 4.79 Å². The lowest BCUT2D eigenvalue weighted by atomic mass is 10.3. The fourth-order valence-electron chi connectivity index (χ4n) is 2.40. The third-order valence-electron chi connectivity index (χ3n) is 3.90. The van der Waals surface area contributed by atoms with Gasteiger partial charge in [0, 0.05) is 17.1 Å². The van der Waals surface area contributed by atoms with Crippen LogP contribution >= 0.6 is 11.3 Å². The number of rotatable bonds is 8. The van der Waals surface area contributed by atoms with E-state index in [1.54, 1.807) is 12.1 Å². The number of hydrogen-bond acceptors (Lipinski definition) is 11. The first-order valence-corrected chi connectivity index (χ1v) is 11.5. The van der Waals surface area contributed by atoms with Gasteiger partial charge in [0.15, 0.2) is 5.13 Å². The summed E-state index contributed by atoms with van der Waals surface area (Å²) in [6.07, 6.45) is -4.68. The minimum atomic E-state index is -5.27. The lowest BCUT2D eigenvalue weighted by molar-refractivity contribution is -0.201. The Morgan fingerprint density at radius 1 is 1.12 bits per heavy atom. The van der Waals surface area contributed by atoms with Crippen LogP contribution in [-0.4, -0.2) is 48.5 Å². The number of esters is 2. The molecule has 3 N–H and O–H groups in total. The number of sulfonamides is 1. The first-order valence-electron chi connectivity index (χ1n) is 9.12. The Balaban J connectivity index is 1.64. The molecule has 3 rings (SSSR count). The van der Waals surface area contributed by atoms with Gasteiger partial charge in [-0.05, 0) is 25.2 Å². The Morgan fingerprint density at radius 2 is 1.82 bits per heavy atom. The van der Waals surface area contributed by atoms with Gasteiger partial charge in [0.25, 0.3) is 0 Å². The molecule has 16 heteroatoms. The topological polar surface area (TPSA) is 152 Å². The third kappa shape index (κ3) is 6.69. The molecule has 0 aliphatic heterocycles. The minimum Gasteiger partial charge on any atom is -0.386 e. The van der Waals surface area contributed by atoms with Crippen LogP contribution in [0.4, 0.5) is 35.6 Å². The van der Waals surface area contributed by atoms with Gasteiger partial charge in [0.1, 0.15) is 18.0 Å². The highest BCUT2D eigenvalue weighted by Crippen LogP contribution is 2.24. The summed E-state index contributed by atoms with van der Waals surface area (Å²) in [6, 6.07) is 7.53. The Kier molecular flexibility index (Phi) is 7.43. The van der Waals surface area contributed by atoms with E-state index in [0.717, 1.165) is 11.3 Å². The molecule has 3 aromatic rings. The van der Waals surface area contributed by atoms with Crippen LogP contribution in [0.25, 0.3) is 0 Å². The summed E-state index contributed by atoms with van der Waals surface area (Å²) >= 11 is 1.04. The largest absolute Gasteiger partial charge is 0.491 e. The fraction of sp³-hybridized carbons (Fsp3) is 0.167. The van der Waals surface area contributed by atoms with Crippen LogP contribution in [0.2, 0.25) is 0 Å². The average molecular weight is 516 g/mol. The van der Waals surface area contributed by atoms with Crippen molar-refractivity contribution in [1.29, 1.82) is 0 Å². The maximum atomic E-state index is 12.2. The molecule has 1 aromatic carbocycles. The summed E-state index contributed by atoms with van der Waals surface area (Å²) in [5.41, 5.74) is 0.534. The Hall–Kier alpha value is -3.63. The van der Waals surface area contributed by atoms with E-state index in [-0.39, 0.29) is 21.5 Å². The molecule has 0 aliphatic carbocycles. The van der Waals surface area contributed by atoms with E-state index in [9.17, 15) is 31.2 Å². The molecule has 2 heterocycles. The lowest BCUT2D eigenvalue weighted by Gasteiger charge is -2.09. The highest BCUT2D eigenvalue weighted by Gasteiger charge is 2.42. The highest BCUT2D eigenvalue weighted by atomic mass is 32.2. The smallest absolute Gasteiger partial charge is 0.386 e. The molecule has 11 nitrogen and oxygen atoms in total. The molecule has 180 valence electrons. The van der Waals surface area contributed by atoms with E-state index in [0.29, 0.717) is 11.5 Å². The summed E-state index contributed by atoms with van der Waals surface area (Å²) in [5, 5.41) is 7.45. The van der Waals surface area contributed by atoms with Crippen LogP contribution in [0.15, 0.2) is 46.9 Å². The number of hydrogen-bond donors (Lipinski definition) is 3. The van der Waals surface area contributed by atoms with Crippen LogP contribution in [0.5, 0.6) is 0 Å². The summed E-state index contributed by atoms with van der Waals surface area (Å²) < 4.78 is 66.3. The van der Waals surface area contributed by atoms with E-state index < -0.39 is 34.6 Å². The minimum absolute atomic E-state index is 0.0539. The second kappa shape index (κ2) is 10.1. The van der Waals surface area contributed by atoms with Crippen LogP contribution in [-0.2, 0) is 30.8 Å². The predicted molar refractivity (Wildman–Crippen MR) is 114 cm³/mol.